The Kier molecular flexibility index (Phi) is 14.5. The van der Waals surface area contributed by atoms with Crippen molar-refractivity contribution in [2.45, 2.75) is 92.0 Å². The molecule has 0 unspecified atom stereocenters. The van der Waals surface area contributed by atoms with Gasteiger partial charge in [-0.2, -0.15) is 9.78 Å². The fraction of sp³-hybridized carbons (Fsp3) is 0.654. The van der Waals surface area contributed by atoms with E-state index in [1.807, 2.05) is 12.3 Å². The van der Waals surface area contributed by atoms with Crippen LogP contribution in [-0.4, -0.2) is 81.2 Å². The van der Waals surface area contributed by atoms with Crippen molar-refractivity contribution in [3.8, 4) is 0 Å². The number of aromatic nitrogens is 2. The lowest BCUT2D eigenvalue weighted by molar-refractivity contribution is -0.0294. The van der Waals surface area contributed by atoms with Crippen LogP contribution in [0.15, 0.2) is 29.0 Å². The Morgan fingerprint density at radius 1 is 0.842 bits per heavy atom. The molecule has 0 fully saturated rings. The van der Waals surface area contributed by atoms with Crippen molar-refractivity contribution in [2.75, 3.05) is 19.8 Å². The van der Waals surface area contributed by atoms with Crippen molar-refractivity contribution < 1.29 is 43.5 Å². The quantitative estimate of drug-likeness (QED) is 0.317. The van der Waals surface area contributed by atoms with Crippen LogP contribution in [0, 0.1) is 0 Å². The van der Waals surface area contributed by atoms with Crippen LogP contribution in [0.3, 0.4) is 0 Å². The van der Waals surface area contributed by atoms with Crippen molar-refractivity contribution >= 4 is 24.6 Å². The molecule has 0 amide bonds. The molecule has 0 radical (unpaired) electrons. The molecule has 1 aliphatic heterocycles. The lowest BCUT2D eigenvalue weighted by atomic mass is 10.2. The largest absolute Gasteiger partial charge is 0.519 e. The van der Waals surface area contributed by atoms with E-state index in [2.05, 4.69) is 14.8 Å². The summed E-state index contributed by atoms with van der Waals surface area (Å²) in [7, 11) is 0. The molecule has 0 aliphatic carbocycles. The van der Waals surface area contributed by atoms with E-state index in [1.165, 1.54) is 0 Å². The number of aliphatic hydroxyl groups excluding tert-OH is 2. The van der Waals surface area contributed by atoms with E-state index in [0.29, 0.717) is 6.42 Å². The third-order valence-corrected chi connectivity index (χ3v) is 3.68. The Labute approximate surface area is 224 Å². The summed E-state index contributed by atoms with van der Waals surface area (Å²) in [5.41, 5.74) is 0.0501. The van der Waals surface area contributed by atoms with Gasteiger partial charge in [0.25, 0.3) is 0 Å². The topological polar surface area (TPSA) is 159 Å². The molecule has 2 rings (SSSR count). The van der Waals surface area contributed by atoms with Crippen LogP contribution in [-0.2, 0) is 25.4 Å². The van der Waals surface area contributed by atoms with Crippen LogP contribution in [0.25, 0.3) is 0 Å². The van der Waals surface area contributed by atoms with Crippen molar-refractivity contribution in [3.05, 3.63) is 29.6 Å². The number of carbonyl (C=O) groups is 3. The number of aliphatic hydroxyl groups is 2. The fourth-order valence-corrected chi connectivity index (χ4v) is 2.32. The molecule has 2 N–H and O–H groups in total. The molecule has 1 aromatic heterocycles. The second-order valence-electron chi connectivity index (χ2n) is 11.0. The van der Waals surface area contributed by atoms with E-state index in [9.17, 15) is 14.4 Å². The highest BCUT2D eigenvalue weighted by Gasteiger charge is 2.24. The first-order valence-corrected chi connectivity index (χ1v) is 12.2. The first-order chi connectivity index (χ1) is 17.3. The third-order valence-electron chi connectivity index (χ3n) is 3.68. The van der Waals surface area contributed by atoms with Gasteiger partial charge in [0.2, 0.25) is 0 Å². The van der Waals surface area contributed by atoms with Crippen LogP contribution in [0.1, 0.15) is 74.3 Å². The maximum Gasteiger partial charge on any atom is 0.519 e. The molecule has 1 aliphatic rings. The van der Waals surface area contributed by atoms with Gasteiger partial charge in [-0.05, 0) is 86.3 Å². The Morgan fingerprint density at radius 2 is 1.34 bits per heavy atom. The summed E-state index contributed by atoms with van der Waals surface area (Å²) >= 11 is 0. The Morgan fingerprint density at radius 3 is 1.74 bits per heavy atom. The van der Waals surface area contributed by atoms with Gasteiger partial charge in [0.05, 0.1) is 12.7 Å². The summed E-state index contributed by atoms with van der Waals surface area (Å²) in [5.74, 6) is 0. The SMILES string of the molecule is CC(C)(C)OC(=O)OC(=O)OC(C)(C)C.CC(C)(C)OC(=O)n1cc(CCO)cn1.OCCC1=CCN=C1. The zero-order chi connectivity index (χ0) is 29.6. The van der Waals surface area contributed by atoms with E-state index in [4.69, 9.17) is 24.4 Å². The van der Waals surface area contributed by atoms with Crippen LogP contribution >= 0.6 is 0 Å². The standard InChI is InChI=1S/C10H16N2O3.C10H18O5.C6H9NO/c1-10(2,3)15-9(14)12-7-8(4-5-13)6-11-12;1-9(2,3)14-7(11)13-8(12)15-10(4,5)6;8-4-2-6-1-3-7-5-6/h6-7,13H,4-5H2,1-3H3;1-6H3;1,5,8H,2-4H2. The number of aliphatic imine (C=N–C) groups is 1. The molecular weight excluding hydrogens is 498 g/mol. The summed E-state index contributed by atoms with van der Waals surface area (Å²) < 4.78 is 20.1. The average molecular weight is 542 g/mol. The maximum atomic E-state index is 11.5. The van der Waals surface area contributed by atoms with Crippen molar-refractivity contribution in [2.24, 2.45) is 4.99 Å². The Hall–Kier alpha value is -3.25. The number of carbonyl (C=O) groups excluding carboxylic acids is 3. The normalized spacial score (nSPS) is 12.8. The zero-order valence-electron chi connectivity index (χ0n) is 23.9. The molecular formula is C26H43N3O9. The van der Waals surface area contributed by atoms with Gasteiger partial charge < -0.3 is 29.2 Å². The van der Waals surface area contributed by atoms with Gasteiger partial charge in [0.1, 0.15) is 16.8 Å². The third kappa shape index (κ3) is 18.9. The van der Waals surface area contributed by atoms with Gasteiger partial charge in [-0.3, -0.25) is 4.99 Å². The minimum absolute atomic E-state index is 0.0417. The fourth-order valence-electron chi connectivity index (χ4n) is 2.32. The minimum Gasteiger partial charge on any atom is -0.442 e. The van der Waals surface area contributed by atoms with Gasteiger partial charge in [-0.15, -0.1) is 0 Å². The monoisotopic (exact) mass is 541 g/mol. The molecule has 2 heterocycles. The molecule has 12 nitrogen and oxygen atoms in total. The van der Waals surface area contributed by atoms with E-state index in [-0.39, 0.29) is 13.2 Å². The lowest BCUT2D eigenvalue weighted by Gasteiger charge is -2.20. The first kappa shape index (κ1) is 34.8. The molecule has 0 saturated carbocycles. The highest BCUT2D eigenvalue weighted by Crippen LogP contribution is 2.12. The van der Waals surface area contributed by atoms with Crippen LogP contribution in [0.4, 0.5) is 14.4 Å². The van der Waals surface area contributed by atoms with Crippen LogP contribution < -0.4 is 0 Å². The maximum absolute atomic E-state index is 11.5. The first-order valence-electron chi connectivity index (χ1n) is 12.2. The van der Waals surface area contributed by atoms with Crippen LogP contribution in [0.2, 0.25) is 0 Å². The second-order valence-corrected chi connectivity index (χ2v) is 11.0. The van der Waals surface area contributed by atoms with Crippen molar-refractivity contribution in [3.63, 3.8) is 0 Å². The number of hydrogen-bond acceptors (Lipinski definition) is 11. The summed E-state index contributed by atoms with van der Waals surface area (Å²) in [6, 6.07) is 0. The number of nitrogens with zero attached hydrogens (tertiary/aromatic N) is 3. The molecule has 12 heteroatoms. The molecule has 38 heavy (non-hydrogen) atoms. The summed E-state index contributed by atoms with van der Waals surface area (Å²) in [6.07, 6.45) is 5.56. The van der Waals surface area contributed by atoms with Gasteiger partial charge >= 0.3 is 18.4 Å². The minimum atomic E-state index is -1.06. The summed E-state index contributed by atoms with van der Waals surface area (Å²) in [4.78, 5) is 37.5. The van der Waals surface area contributed by atoms with E-state index < -0.39 is 35.2 Å². The molecule has 1 aromatic rings. The number of ether oxygens (including phenoxy) is 4. The Balaban J connectivity index is 0.000000565. The van der Waals surface area contributed by atoms with E-state index >= 15 is 0 Å². The van der Waals surface area contributed by atoms with Gasteiger partial charge in [-0.1, -0.05) is 6.08 Å². The Bertz CT molecular complexity index is 920. The smallest absolute Gasteiger partial charge is 0.442 e. The second kappa shape index (κ2) is 15.9. The highest BCUT2D eigenvalue weighted by atomic mass is 16.8. The zero-order valence-corrected chi connectivity index (χ0v) is 23.9. The van der Waals surface area contributed by atoms with E-state index in [0.717, 1.165) is 28.8 Å². The molecule has 0 aromatic carbocycles. The van der Waals surface area contributed by atoms with Gasteiger partial charge in [0, 0.05) is 25.6 Å². The summed E-state index contributed by atoms with van der Waals surface area (Å²) in [5, 5.41) is 21.0. The predicted molar refractivity (Wildman–Crippen MR) is 141 cm³/mol. The highest BCUT2D eigenvalue weighted by molar-refractivity contribution is 5.80. The van der Waals surface area contributed by atoms with Gasteiger partial charge in [-0.25, -0.2) is 14.4 Å². The van der Waals surface area contributed by atoms with Gasteiger partial charge in [0.15, 0.2) is 0 Å². The van der Waals surface area contributed by atoms with Crippen molar-refractivity contribution in [1.82, 2.24) is 9.78 Å². The predicted octanol–water partition coefficient (Wildman–Crippen LogP) is 4.45. The summed E-state index contributed by atoms with van der Waals surface area (Å²) in [6.45, 7) is 16.5. The molecule has 0 spiro atoms. The molecule has 0 saturated heterocycles. The molecule has 0 atom stereocenters. The van der Waals surface area contributed by atoms with E-state index in [1.54, 1.807) is 74.7 Å². The average Bonchev–Trinajstić information content (AvgIpc) is 3.37. The number of rotatable bonds is 4. The van der Waals surface area contributed by atoms with Crippen LogP contribution in [0.5, 0.6) is 0 Å². The molecule has 0 bridgehead atoms. The molecule has 216 valence electrons. The lowest BCUT2D eigenvalue weighted by Crippen LogP contribution is -2.29. The van der Waals surface area contributed by atoms with Crippen molar-refractivity contribution in [1.29, 1.82) is 0 Å². The number of hydrogen-bond donors (Lipinski definition) is 2.